The van der Waals surface area contributed by atoms with E-state index in [-0.39, 0.29) is 6.04 Å². The van der Waals surface area contributed by atoms with Crippen LogP contribution in [0.2, 0.25) is 5.02 Å². The number of hydrogen-bond donors (Lipinski definition) is 1. The van der Waals surface area contributed by atoms with Gasteiger partial charge in [-0.05, 0) is 53.9 Å². The Hall–Kier alpha value is -0.840. The van der Waals surface area contributed by atoms with Gasteiger partial charge >= 0.3 is 0 Å². The average Bonchev–Trinajstić information content (AvgIpc) is 2.66. The Bertz CT molecular complexity index is 595. The molecule has 0 fully saturated rings. The summed E-state index contributed by atoms with van der Waals surface area (Å²) in [5.41, 5.74) is 9.63. The number of nitrogens with zero attached hydrogens (tertiary/aromatic N) is 2. The Kier molecular flexibility index (Phi) is 5.24. The molecule has 1 heterocycles. The monoisotopic (exact) mass is 355 g/mol. The van der Waals surface area contributed by atoms with E-state index in [1.54, 1.807) is 0 Å². The van der Waals surface area contributed by atoms with Crippen molar-refractivity contribution in [3.63, 3.8) is 0 Å². The van der Waals surface area contributed by atoms with Crippen molar-refractivity contribution < 1.29 is 0 Å². The number of aromatic nitrogens is 2. The summed E-state index contributed by atoms with van der Waals surface area (Å²) in [5, 5.41) is 5.25. The topological polar surface area (TPSA) is 43.8 Å². The van der Waals surface area contributed by atoms with Gasteiger partial charge in [0, 0.05) is 24.0 Å². The van der Waals surface area contributed by atoms with Crippen LogP contribution >= 0.6 is 27.5 Å². The van der Waals surface area contributed by atoms with E-state index < -0.39 is 0 Å². The molecule has 0 aliphatic carbocycles. The number of nitrogens with two attached hydrogens (primary N) is 1. The van der Waals surface area contributed by atoms with Gasteiger partial charge in [0.2, 0.25) is 0 Å². The highest BCUT2D eigenvalue weighted by molar-refractivity contribution is 9.10. The quantitative estimate of drug-likeness (QED) is 0.887. The smallest absolute Gasteiger partial charge is 0.0738 e. The van der Waals surface area contributed by atoms with Gasteiger partial charge in [-0.15, -0.1) is 0 Å². The lowest BCUT2D eigenvalue weighted by Crippen LogP contribution is -2.27. The van der Waals surface area contributed by atoms with Crippen molar-refractivity contribution in [1.29, 1.82) is 0 Å². The maximum Gasteiger partial charge on any atom is 0.0738 e. The molecule has 1 atom stereocenters. The highest BCUT2D eigenvalue weighted by Crippen LogP contribution is 2.23. The molecule has 1 aromatic carbocycles. The molecule has 1 unspecified atom stereocenters. The molecule has 2 aromatic rings. The molecule has 0 aliphatic heterocycles. The maximum absolute atomic E-state index is 6.28. The Morgan fingerprint density at radius 1 is 1.40 bits per heavy atom. The van der Waals surface area contributed by atoms with Gasteiger partial charge in [0.25, 0.3) is 0 Å². The summed E-state index contributed by atoms with van der Waals surface area (Å²) >= 11 is 9.61. The first-order valence-electron chi connectivity index (χ1n) is 6.73. The van der Waals surface area contributed by atoms with Crippen molar-refractivity contribution in [1.82, 2.24) is 9.78 Å². The molecule has 108 valence electrons. The fraction of sp³-hybridized carbons (Fsp3) is 0.400. The van der Waals surface area contributed by atoms with E-state index in [9.17, 15) is 0 Å². The van der Waals surface area contributed by atoms with E-state index in [1.807, 2.05) is 29.8 Å². The number of aryl methyl sites for hydroxylation is 2. The van der Waals surface area contributed by atoms with Crippen molar-refractivity contribution in [2.75, 3.05) is 0 Å². The van der Waals surface area contributed by atoms with Crippen molar-refractivity contribution in [2.24, 2.45) is 5.73 Å². The molecule has 0 aliphatic rings. The van der Waals surface area contributed by atoms with E-state index in [0.717, 1.165) is 34.6 Å². The van der Waals surface area contributed by atoms with Crippen molar-refractivity contribution in [2.45, 2.75) is 39.3 Å². The molecule has 2 rings (SSSR count). The van der Waals surface area contributed by atoms with Crippen LogP contribution in [-0.4, -0.2) is 15.8 Å². The van der Waals surface area contributed by atoms with Gasteiger partial charge in [-0.2, -0.15) is 5.10 Å². The second kappa shape index (κ2) is 6.74. The van der Waals surface area contributed by atoms with Crippen LogP contribution in [0.3, 0.4) is 0 Å². The highest BCUT2D eigenvalue weighted by atomic mass is 79.9. The van der Waals surface area contributed by atoms with Crippen LogP contribution in [0.5, 0.6) is 0 Å². The molecule has 0 amide bonds. The number of halogens is 2. The van der Waals surface area contributed by atoms with Crippen LogP contribution in [0, 0.1) is 6.92 Å². The van der Waals surface area contributed by atoms with Crippen molar-refractivity contribution >= 4 is 27.5 Å². The Labute approximate surface area is 133 Å². The predicted octanol–water partition coefficient (Wildman–Crippen LogP) is 3.74. The summed E-state index contributed by atoms with van der Waals surface area (Å²) in [7, 11) is 0. The summed E-state index contributed by atoms with van der Waals surface area (Å²) < 4.78 is 3.08. The van der Waals surface area contributed by atoms with E-state index >= 15 is 0 Å². The molecule has 0 saturated heterocycles. The molecule has 0 saturated carbocycles. The van der Waals surface area contributed by atoms with E-state index in [0.29, 0.717) is 0 Å². The molecule has 0 radical (unpaired) electrons. The lowest BCUT2D eigenvalue weighted by molar-refractivity contribution is 0.573. The molecule has 20 heavy (non-hydrogen) atoms. The second-order valence-corrected chi connectivity index (χ2v) is 6.19. The maximum atomic E-state index is 6.28. The summed E-state index contributed by atoms with van der Waals surface area (Å²) in [5.74, 6) is 0. The molecule has 3 nitrogen and oxygen atoms in total. The number of benzene rings is 1. The van der Waals surface area contributed by atoms with Gasteiger partial charge in [-0.3, -0.25) is 4.68 Å². The van der Waals surface area contributed by atoms with Crippen LogP contribution in [-0.2, 0) is 19.4 Å². The van der Waals surface area contributed by atoms with E-state index in [4.69, 9.17) is 17.3 Å². The van der Waals surface area contributed by atoms with E-state index in [1.165, 1.54) is 11.3 Å². The first-order chi connectivity index (χ1) is 9.51. The second-order valence-electron chi connectivity index (χ2n) is 4.96. The molecule has 2 N–H and O–H groups in total. The van der Waals surface area contributed by atoms with Gasteiger partial charge in [0.1, 0.15) is 0 Å². The highest BCUT2D eigenvalue weighted by Gasteiger charge is 2.15. The third-order valence-corrected chi connectivity index (χ3v) is 4.56. The zero-order valence-electron chi connectivity index (χ0n) is 11.7. The standard InChI is InChI=1S/C15H19BrClN3/c1-3-20-14(15(16)10(2)19-20)9-13(18)8-11-5-4-6-12(17)7-11/h4-7,13H,3,8-9,18H2,1-2H3. The zero-order chi connectivity index (χ0) is 14.7. The third-order valence-electron chi connectivity index (χ3n) is 3.30. The van der Waals surface area contributed by atoms with Crippen LogP contribution in [0.1, 0.15) is 23.9 Å². The minimum atomic E-state index is 0.0474. The minimum absolute atomic E-state index is 0.0474. The normalized spacial score (nSPS) is 12.7. The van der Waals surface area contributed by atoms with Crippen molar-refractivity contribution in [3.05, 3.63) is 50.7 Å². The first kappa shape index (κ1) is 15.5. The fourth-order valence-corrected chi connectivity index (χ4v) is 3.01. The lowest BCUT2D eigenvalue weighted by atomic mass is 10.0. The summed E-state index contributed by atoms with van der Waals surface area (Å²) in [6.45, 7) is 4.94. The molecular formula is C15H19BrClN3. The average molecular weight is 357 g/mol. The molecule has 0 spiro atoms. The predicted molar refractivity (Wildman–Crippen MR) is 87.2 cm³/mol. The van der Waals surface area contributed by atoms with Crippen molar-refractivity contribution in [3.8, 4) is 0 Å². The number of hydrogen-bond acceptors (Lipinski definition) is 2. The molecular weight excluding hydrogens is 338 g/mol. The molecule has 1 aromatic heterocycles. The summed E-state index contributed by atoms with van der Waals surface area (Å²) in [6.07, 6.45) is 1.60. The largest absolute Gasteiger partial charge is 0.327 e. The SMILES string of the molecule is CCn1nc(C)c(Br)c1CC(N)Cc1cccc(Cl)c1. The first-order valence-corrected chi connectivity index (χ1v) is 7.90. The van der Waals surface area contributed by atoms with Gasteiger partial charge in [-0.25, -0.2) is 0 Å². The Morgan fingerprint density at radius 3 is 2.80 bits per heavy atom. The van der Waals surface area contributed by atoms with Crippen LogP contribution in [0.4, 0.5) is 0 Å². The van der Waals surface area contributed by atoms with Crippen LogP contribution in [0.15, 0.2) is 28.7 Å². The van der Waals surface area contributed by atoms with E-state index in [2.05, 4.69) is 34.0 Å². The number of rotatable bonds is 5. The molecule has 5 heteroatoms. The van der Waals surface area contributed by atoms with Gasteiger partial charge in [0.05, 0.1) is 15.9 Å². The van der Waals surface area contributed by atoms with Gasteiger partial charge < -0.3 is 5.73 Å². The lowest BCUT2D eigenvalue weighted by Gasteiger charge is -2.13. The Morgan fingerprint density at radius 2 is 2.15 bits per heavy atom. The fourth-order valence-electron chi connectivity index (χ4n) is 2.35. The van der Waals surface area contributed by atoms with Gasteiger partial charge in [-0.1, -0.05) is 23.7 Å². The van der Waals surface area contributed by atoms with Crippen LogP contribution < -0.4 is 5.73 Å². The minimum Gasteiger partial charge on any atom is -0.327 e. The summed E-state index contributed by atoms with van der Waals surface area (Å²) in [4.78, 5) is 0. The summed E-state index contributed by atoms with van der Waals surface area (Å²) in [6, 6.07) is 7.91. The van der Waals surface area contributed by atoms with Crippen LogP contribution in [0.25, 0.3) is 0 Å². The zero-order valence-corrected chi connectivity index (χ0v) is 14.1. The molecule has 0 bridgehead atoms. The Balaban J connectivity index is 2.10. The third kappa shape index (κ3) is 3.62. The van der Waals surface area contributed by atoms with Gasteiger partial charge in [0.15, 0.2) is 0 Å².